The average molecular weight is 314 g/mol. The number of ether oxygens (including phenoxy) is 1. The van der Waals surface area contributed by atoms with Crippen LogP contribution in [0.4, 0.5) is 4.39 Å². The van der Waals surface area contributed by atoms with Crippen LogP contribution in [0.1, 0.15) is 12.0 Å². The van der Waals surface area contributed by atoms with Gasteiger partial charge in [0.2, 0.25) is 0 Å². The van der Waals surface area contributed by atoms with Crippen LogP contribution >= 0.6 is 0 Å². The third kappa shape index (κ3) is 3.56. The number of esters is 1. The maximum atomic E-state index is 14.4. The topological polar surface area (TPSA) is 42.4 Å². The summed E-state index contributed by atoms with van der Waals surface area (Å²) < 4.78 is 19.2. The Kier molecular flexibility index (Phi) is 4.67. The highest BCUT2D eigenvalue weighted by atomic mass is 19.1. The maximum Gasteiger partial charge on any atom is 0.310 e. The minimum absolute atomic E-state index is 0.0980. The van der Waals surface area contributed by atoms with Crippen molar-refractivity contribution in [2.75, 3.05) is 20.2 Å². The van der Waals surface area contributed by atoms with E-state index in [1.807, 2.05) is 24.3 Å². The second-order valence-electron chi connectivity index (χ2n) is 5.79. The summed E-state index contributed by atoms with van der Waals surface area (Å²) in [7, 11) is 1.41. The van der Waals surface area contributed by atoms with Gasteiger partial charge in [-0.1, -0.05) is 12.1 Å². The van der Waals surface area contributed by atoms with E-state index in [0.29, 0.717) is 18.7 Å². The van der Waals surface area contributed by atoms with Crippen molar-refractivity contribution in [1.82, 2.24) is 9.88 Å². The van der Waals surface area contributed by atoms with Gasteiger partial charge in [-0.2, -0.15) is 0 Å². The van der Waals surface area contributed by atoms with Gasteiger partial charge in [-0.15, -0.1) is 0 Å². The Morgan fingerprint density at radius 1 is 1.30 bits per heavy atom. The first-order chi connectivity index (χ1) is 11.2. The van der Waals surface area contributed by atoms with Crippen molar-refractivity contribution >= 4 is 5.97 Å². The molecule has 0 radical (unpaired) electrons. The molecule has 0 bridgehead atoms. The minimum atomic E-state index is -0.221. The van der Waals surface area contributed by atoms with Gasteiger partial charge in [-0.25, -0.2) is 4.39 Å². The number of nitrogens with zero attached hydrogens (tertiary/aromatic N) is 2. The summed E-state index contributed by atoms with van der Waals surface area (Å²) in [4.78, 5) is 17.6. The third-order valence-corrected chi connectivity index (χ3v) is 4.27. The molecule has 1 saturated heterocycles. The highest BCUT2D eigenvalue weighted by molar-refractivity contribution is 5.72. The highest BCUT2D eigenvalue weighted by Gasteiger charge is 2.29. The van der Waals surface area contributed by atoms with Crippen molar-refractivity contribution in [2.24, 2.45) is 5.92 Å². The molecule has 1 aromatic heterocycles. The molecule has 0 N–H and O–H groups in total. The van der Waals surface area contributed by atoms with Crippen LogP contribution in [-0.2, 0) is 16.1 Å². The number of carbonyl (C=O) groups excluding carboxylic acids is 1. The zero-order valence-electron chi connectivity index (χ0n) is 13.0. The van der Waals surface area contributed by atoms with Crippen LogP contribution in [0.2, 0.25) is 0 Å². The number of hydrogen-bond acceptors (Lipinski definition) is 4. The average Bonchev–Trinajstić information content (AvgIpc) is 3.05. The molecule has 1 aromatic carbocycles. The molecular formula is C18H19FN2O2. The quantitative estimate of drug-likeness (QED) is 0.814. The molecule has 1 atom stereocenters. The Hall–Kier alpha value is -2.27. The summed E-state index contributed by atoms with van der Waals surface area (Å²) >= 11 is 0. The van der Waals surface area contributed by atoms with Crippen LogP contribution in [0.3, 0.4) is 0 Å². The Morgan fingerprint density at radius 3 is 2.78 bits per heavy atom. The zero-order chi connectivity index (χ0) is 16.2. The number of benzene rings is 1. The lowest BCUT2D eigenvalue weighted by Gasteiger charge is -2.16. The molecule has 3 rings (SSSR count). The van der Waals surface area contributed by atoms with E-state index in [-0.39, 0.29) is 17.7 Å². The van der Waals surface area contributed by atoms with E-state index < -0.39 is 0 Å². The first kappa shape index (κ1) is 15.6. The predicted molar refractivity (Wildman–Crippen MR) is 85.0 cm³/mol. The van der Waals surface area contributed by atoms with Gasteiger partial charge in [-0.05, 0) is 42.3 Å². The van der Waals surface area contributed by atoms with Gasteiger partial charge in [0.1, 0.15) is 5.82 Å². The number of halogens is 1. The number of rotatable bonds is 4. The molecule has 23 heavy (non-hydrogen) atoms. The van der Waals surface area contributed by atoms with Crippen LogP contribution in [0, 0.1) is 11.7 Å². The molecule has 0 aliphatic carbocycles. The molecule has 4 nitrogen and oxygen atoms in total. The van der Waals surface area contributed by atoms with Crippen molar-refractivity contribution in [3.05, 3.63) is 54.1 Å². The van der Waals surface area contributed by atoms with Gasteiger partial charge in [0.05, 0.1) is 13.0 Å². The molecule has 1 aliphatic rings. The van der Waals surface area contributed by atoms with E-state index in [1.54, 1.807) is 18.5 Å². The van der Waals surface area contributed by atoms with Gasteiger partial charge >= 0.3 is 5.97 Å². The van der Waals surface area contributed by atoms with E-state index in [4.69, 9.17) is 4.74 Å². The summed E-state index contributed by atoms with van der Waals surface area (Å²) in [5, 5.41) is 0. The zero-order valence-corrected chi connectivity index (χ0v) is 13.0. The first-order valence-corrected chi connectivity index (χ1v) is 7.66. The van der Waals surface area contributed by atoms with Crippen molar-refractivity contribution in [2.45, 2.75) is 13.0 Å². The lowest BCUT2D eigenvalue weighted by Crippen LogP contribution is -2.24. The highest BCUT2D eigenvalue weighted by Crippen LogP contribution is 2.24. The monoisotopic (exact) mass is 314 g/mol. The smallest absolute Gasteiger partial charge is 0.310 e. The fourth-order valence-corrected chi connectivity index (χ4v) is 2.98. The number of methoxy groups -OCH3 is 1. The van der Waals surface area contributed by atoms with E-state index in [0.717, 1.165) is 24.1 Å². The molecule has 0 amide bonds. The van der Waals surface area contributed by atoms with Gasteiger partial charge < -0.3 is 4.74 Å². The Morgan fingerprint density at radius 2 is 2.09 bits per heavy atom. The van der Waals surface area contributed by atoms with E-state index in [1.165, 1.54) is 7.11 Å². The van der Waals surface area contributed by atoms with Crippen LogP contribution in [0.5, 0.6) is 0 Å². The summed E-state index contributed by atoms with van der Waals surface area (Å²) in [5.74, 6) is -0.499. The van der Waals surface area contributed by atoms with Crippen LogP contribution in [0.15, 0.2) is 42.7 Å². The fraction of sp³-hybridized carbons (Fsp3) is 0.333. The summed E-state index contributed by atoms with van der Waals surface area (Å²) in [6, 6.07) is 9.00. The number of pyridine rings is 1. The van der Waals surface area contributed by atoms with Gasteiger partial charge in [0.15, 0.2) is 0 Å². The van der Waals surface area contributed by atoms with Crippen LogP contribution in [-0.4, -0.2) is 36.1 Å². The van der Waals surface area contributed by atoms with Crippen molar-refractivity contribution in [3.63, 3.8) is 0 Å². The third-order valence-electron chi connectivity index (χ3n) is 4.27. The molecule has 120 valence electrons. The number of likely N-dealkylation sites (tertiary alicyclic amines) is 1. The molecule has 1 aliphatic heterocycles. The second kappa shape index (κ2) is 6.87. The van der Waals surface area contributed by atoms with Crippen LogP contribution < -0.4 is 0 Å². The second-order valence-corrected chi connectivity index (χ2v) is 5.79. The maximum absolute atomic E-state index is 14.4. The van der Waals surface area contributed by atoms with Gasteiger partial charge in [0, 0.05) is 31.0 Å². The van der Waals surface area contributed by atoms with Crippen LogP contribution in [0.25, 0.3) is 11.1 Å². The molecular weight excluding hydrogens is 295 g/mol. The minimum Gasteiger partial charge on any atom is -0.469 e. The summed E-state index contributed by atoms with van der Waals surface area (Å²) in [6.45, 7) is 1.92. The normalized spacial score (nSPS) is 18.1. The van der Waals surface area contributed by atoms with Gasteiger partial charge in [-0.3, -0.25) is 14.7 Å². The SMILES string of the molecule is COC(=O)C1CCN(Cc2ccc(-c3ccncc3)cc2F)C1. The first-order valence-electron chi connectivity index (χ1n) is 7.66. The number of carbonyl (C=O) groups is 1. The van der Waals surface area contributed by atoms with Gasteiger partial charge in [0.25, 0.3) is 0 Å². The van der Waals surface area contributed by atoms with E-state index >= 15 is 0 Å². The molecule has 2 aromatic rings. The van der Waals surface area contributed by atoms with Crippen molar-refractivity contribution < 1.29 is 13.9 Å². The standard InChI is InChI=1S/C18H19FN2O2/c1-23-18(22)16-6-9-21(12-16)11-15-3-2-14(10-17(15)19)13-4-7-20-8-5-13/h2-5,7-8,10,16H,6,9,11-12H2,1H3. The largest absolute Gasteiger partial charge is 0.469 e. The summed E-state index contributed by atoms with van der Waals surface area (Å²) in [5.41, 5.74) is 2.42. The van der Waals surface area contributed by atoms with E-state index in [2.05, 4.69) is 9.88 Å². The Bertz CT molecular complexity index is 691. The molecule has 1 fully saturated rings. The fourth-order valence-electron chi connectivity index (χ4n) is 2.98. The predicted octanol–water partition coefficient (Wildman–Crippen LogP) is 2.88. The molecule has 5 heteroatoms. The molecule has 1 unspecified atom stereocenters. The summed E-state index contributed by atoms with van der Waals surface area (Å²) in [6.07, 6.45) is 4.15. The number of aromatic nitrogens is 1. The Balaban J connectivity index is 1.69. The number of hydrogen-bond donors (Lipinski definition) is 0. The Labute approximate surface area is 134 Å². The lowest BCUT2D eigenvalue weighted by atomic mass is 10.0. The van der Waals surface area contributed by atoms with Crippen molar-refractivity contribution in [3.8, 4) is 11.1 Å². The molecule has 0 saturated carbocycles. The lowest BCUT2D eigenvalue weighted by molar-refractivity contribution is -0.144. The van der Waals surface area contributed by atoms with Crippen molar-refractivity contribution in [1.29, 1.82) is 0 Å². The molecule has 0 spiro atoms. The van der Waals surface area contributed by atoms with E-state index in [9.17, 15) is 9.18 Å². The molecule has 2 heterocycles.